The molecule has 0 amide bonds. The molecule has 5 rings (SSSR count). The Morgan fingerprint density at radius 2 is 1.91 bits per heavy atom. The van der Waals surface area contributed by atoms with Gasteiger partial charge < -0.3 is 24.4 Å². The lowest BCUT2D eigenvalue weighted by Crippen LogP contribution is -2.44. The van der Waals surface area contributed by atoms with E-state index in [2.05, 4.69) is 95.8 Å². The Morgan fingerprint density at radius 3 is 2.64 bits per heavy atom. The van der Waals surface area contributed by atoms with E-state index in [9.17, 15) is 4.79 Å². The molecule has 0 saturated carbocycles. The first-order chi connectivity index (χ1) is 21.7. The van der Waals surface area contributed by atoms with Crippen LogP contribution in [0.5, 0.6) is 0 Å². The van der Waals surface area contributed by atoms with Crippen molar-refractivity contribution < 1.29 is 4.79 Å². The number of pyridine rings is 1. The van der Waals surface area contributed by atoms with Gasteiger partial charge in [-0.05, 0) is 107 Å². The summed E-state index contributed by atoms with van der Waals surface area (Å²) in [6.45, 7) is 18.1. The molecule has 1 aromatic heterocycles. The molecule has 8 nitrogen and oxygen atoms in total. The van der Waals surface area contributed by atoms with E-state index in [0.29, 0.717) is 12.3 Å². The standard InChI is InChI=1S/C37H55N7O/c1-7-9-28(2)44(38-4)36-24-32(23-35(25-36)43-20-18-40(5)19-21-43)33(22-29(3)45)27-42-17-15-30(26-42)11-13-34-14-12-31-10-8-16-41(6)37(31)39-34/h9,12,14,23-25,30,33H,4,7-8,10-11,13,15-22,26-27H2,1-3,5-6H3/b28-9-. The molecule has 2 saturated heterocycles. The van der Waals surface area contributed by atoms with Crippen LogP contribution in [0.2, 0.25) is 0 Å². The second-order valence-electron chi connectivity index (χ2n) is 13.6. The number of hydrogen-bond acceptors (Lipinski definition) is 8. The number of ketones is 1. The summed E-state index contributed by atoms with van der Waals surface area (Å²) in [5, 5.41) is 6.38. The van der Waals surface area contributed by atoms with Crippen molar-refractivity contribution in [1.29, 1.82) is 0 Å². The van der Waals surface area contributed by atoms with Crippen molar-refractivity contribution in [2.75, 3.05) is 81.3 Å². The quantitative estimate of drug-likeness (QED) is 0.204. The van der Waals surface area contributed by atoms with Crippen LogP contribution < -0.4 is 14.8 Å². The number of rotatable bonds is 13. The van der Waals surface area contributed by atoms with Gasteiger partial charge in [0.05, 0.1) is 5.69 Å². The van der Waals surface area contributed by atoms with E-state index >= 15 is 0 Å². The molecule has 2 fully saturated rings. The fourth-order valence-corrected chi connectivity index (χ4v) is 7.41. The number of aromatic nitrogens is 1. The van der Waals surface area contributed by atoms with Crippen molar-refractivity contribution in [2.45, 2.75) is 71.6 Å². The Kier molecular flexibility index (Phi) is 11.3. The first-order valence-electron chi connectivity index (χ1n) is 17.2. The number of hydrazone groups is 1. The minimum atomic E-state index is 0.132. The van der Waals surface area contributed by atoms with Crippen LogP contribution in [0.25, 0.3) is 0 Å². The fraction of sp³-hybridized carbons (Fsp3) is 0.595. The van der Waals surface area contributed by atoms with Crippen LogP contribution in [0.1, 0.15) is 75.6 Å². The molecule has 0 aliphatic carbocycles. The summed E-state index contributed by atoms with van der Waals surface area (Å²) in [4.78, 5) is 27.5. The van der Waals surface area contributed by atoms with Gasteiger partial charge in [0.15, 0.2) is 0 Å². The zero-order valence-corrected chi connectivity index (χ0v) is 28.5. The Bertz CT molecular complexity index is 1350. The first-order valence-corrected chi connectivity index (χ1v) is 17.2. The van der Waals surface area contributed by atoms with Gasteiger partial charge in [-0.3, -0.25) is 0 Å². The summed E-state index contributed by atoms with van der Waals surface area (Å²) in [7, 11) is 4.36. The van der Waals surface area contributed by atoms with Crippen LogP contribution in [0.3, 0.4) is 0 Å². The van der Waals surface area contributed by atoms with Gasteiger partial charge in [0.2, 0.25) is 0 Å². The maximum atomic E-state index is 12.6. The lowest BCUT2D eigenvalue weighted by Gasteiger charge is -2.35. The zero-order chi connectivity index (χ0) is 31.9. The Balaban J connectivity index is 1.32. The molecular weight excluding hydrogens is 558 g/mol. The minimum absolute atomic E-state index is 0.132. The third-order valence-corrected chi connectivity index (χ3v) is 9.99. The number of Topliss-reactive ketones (excluding diaryl/α,β-unsaturated/α-hetero) is 1. The highest BCUT2D eigenvalue weighted by Crippen LogP contribution is 2.35. The number of carbonyl (C=O) groups is 1. The van der Waals surface area contributed by atoms with E-state index < -0.39 is 0 Å². The summed E-state index contributed by atoms with van der Waals surface area (Å²) >= 11 is 0. The van der Waals surface area contributed by atoms with Gasteiger partial charge >= 0.3 is 0 Å². The van der Waals surface area contributed by atoms with E-state index in [1.54, 1.807) is 6.92 Å². The monoisotopic (exact) mass is 613 g/mol. The van der Waals surface area contributed by atoms with Crippen LogP contribution in [0, 0.1) is 5.92 Å². The molecule has 0 radical (unpaired) electrons. The third-order valence-electron chi connectivity index (χ3n) is 9.99. The van der Waals surface area contributed by atoms with Crippen molar-refractivity contribution in [3.63, 3.8) is 0 Å². The summed E-state index contributed by atoms with van der Waals surface area (Å²) in [6.07, 6.45) is 9.43. The van der Waals surface area contributed by atoms with Crippen molar-refractivity contribution in [2.24, 2.45) is 11.0 Å². The van der Waals surface area contributed by atoms with Crippen molar-refractivity contribution >= 4 is 29.7 Å². The van der Waals surface area contributed by atoms with Crippen molar-refractivity contribution in [3.05, 3.63) is 58.9 Å². The highest BCUT2D eigenvalue weighted by molar-refractivity contribution is 5.77. The maximum Gasteiger partial charge on any atom is 0.131 e. The number of allylic oxidation sites excluding steroid dienone is 2. The van der Waals surface area contributed by atoms with E-state index in [1.165, 1.54) is 41.2 Å². The van der Waals surface area contributed by atoms with Crippen LogP contribution >= 0.6 is 0 Å². The predicted octanol–water partition coefficient (Wildman–Crippen LogP) is 5.97. The van der Waals surface area contributed by atoms with Gasteiger partial charge in [-0.2, -0.15) is 5.10 Å². The molecule has 0 N–H and O–H groups in total. The number of anilines is 3. The Hall–Kier alpha value is -3.23. The number of benzene rings is 1. The van der Waals surface area contributed by atoms with Crippen molar-refractivity contribution in [1.82, 2.24) is 14.8 Å². The molecule has 2 aromatic rings. The molecule has 3 aliphatic heterocycles. The number of fused-ring (bicyclic) bond motifs is 1. The zero-order valence-electron chi connectivity index (χ0n) is 28.5. The lowest BCUT2D eigenvalue weighted by molar-refractivity contribution is -0.117. The van der Waals surface area contributed by atoms with Crippen molar-refractivity contribution in [3.8, 4) is 0 Å². The van der Waals surface area contributed by atoms with Gasteiger partial charge in [0.25, 0.3) is 0 Å². The SMILES string of the molecule is C=NN(/C(C)=C\CC)c1cc(C(CC(C)=O)CN2CCC(CCc3ccc4c(n3)N(C)CCC4)C2)cc(N2CCN(C)CC2)c1. The van der Waals surface area contributed by atoms with Gasteiger partial charge in [-0.15, -0.1) is 0 Å². The maximum absolute atomic E-state index is 12.6. The average molecular weight is 614 g/mol. The molecule has 8 heteroatoms. The summed E-state index contributed by atoms with van der Waals surface area (Å²) < 4.78 is 0. The van der Waals surface area contributed by atoms with Gasteiger partial charge in [-0.25, -0.2) is 9.99 Å². The average Bonchev–Trinajstić information content (AvgIpc) is 3.48. The molecule has 3 aliphatic rings. The van der Waals surface area contributed by atoms with Crippen LogP contribution in [0.15, 0.2) is 47.2 Å². The number of aryl methyl sites for hydroxylation is 2. The molecule has 2 unspecified atom stereocenters. The van der Waals surface area contributed by atoms with Gasteiger partial charge in [0, 0.05) is 89.0 Å². The minimum Gasteiger partial charge on any atom is -0.369 e. The summed E-state index contributed by atoms with van der Waals surface area (Å²) in [5.74, 6) is 2.22. The highest BCUT2D eigenvalue weighted by Gasteiger charge is 2.28. The van der Waals surface area contributed by atoms with Crippen LogP contribution in [-0.2, 0) is 17.6 Å². The number of piperazine rings is 1. The van der Waals surface area contributed by atoms with E-state index in [-0.39, 0.29) is 11.7 Å². The van der Waals surface area contributed by atoms with E-state index in [1.807, 2.05) is 5.01 Å². The van der Waals surface area contributed by atoms with Crippen LogP contribution in [-0.4, -0.2) is 93.7 Å². The molecule has 2 atom stereocenters. The Labute approximate surface area is 271 Å². The molecule has 1 aromatic carbocycles. The van der Waals surface area contributed by atoms with Gasteiger partial charge in [-0.1, -0.05) is 19.1 Å². The smallest absolute Gasteiger partial charge is 0.131 e. The molecule has 244 valence electrons. The number of hydrogen-bond donors (Lipinski definition) is 0. The molecule has 0 spiro atoms. The molecule has 0 bridgehead atoms. The number of nitrogens with zero attached hydrogens (tertiary/aromatic N) is 7. The lowest BCUT2D eigenvalue weighted by atomic mass is 9.92. The molecule has 4 heterocycles. The number of likely N-dealkylation sites (tertiary alicyclic amines) is 1. The molecule has 45 heavy (non-hydrogen) atoms. The van der Waals surface area contributed by atoms with E-state index in [4.69, 9.17) is 4.98 Å². The topological polar surface area (TPSA) is 58.5 Å². The number of carbonyl (C=O) groups excluding carboxylic acids is 1. The fourth-order valence-electron chi connectivity index (χ4n) is 7.41. The van der Waals surface area contributed by atoms with Gasteiger partial charge in [0.1, 0.15) is 11.6 Å². The first kappa shape index (κ1) is 33.1. The normalized spacial score (nSPS) is 20.3. The second-order valence-corrected chi connectivity index (χ2v) is 13.6. The summed E-state index contributed by atoms with van der Waals surface area (Å²) in [6, 6.07) is 11.4. The predicted molar refractivity (Wildman–Crippen MR) is 189 cm³/mol. The largest absolute Gasteiger partial charge is 0.369 e. The highest BCUT2D eigenvalue weighted by atomic mass is 16.1. The molecular formula is C37H55N7O. The van der Waals surface area contributed by atoms with Crippen LogP contribution in [0.4, 0.5) is 17.2 Å². The Morgan fingerprint density at radius 1 is 1.11 bits per heavy atom. The third kappa shape index (κ3) is 8.53. The van der Waals surface area contributed by atoms with E-state index in [0.717, 1.165) is 89.4 Å². The number of likely N-dealkylation sites (N-methyl/N-ethyl adjacent to an activating group) is 1. The summed E-state index contributed by atoms with van der Waals surface area (Å²) in [5.41, 5.74) is 7.13. The second kappa shape index (κ2) is 15.4.